The quantitative estimate of drug-likeness (QED) is 0.675. The van der Waals surface area contributed by atoms with E-state index < -0.39 is 0 Å². The summed E-state index contributed by atoms with van der Waals surface area (Å²) in [5, 5.41) is 2.87. The third-order valence-electron chi connectivity index (χ3n) is 5.35. The van der Waals surface area contributed by atoms with Crippen LogP contribution in [0.3, 0.4) is 0 Å². The number of ether oxygens (including phenoxy) is 2. The lowest BCUT2D eigenvalue weighted by Gasteiger charge is -2.32. The summed E-state index contributed by atoms with van der Waals surface area (Å²) in [5.74, 6) is -0.224. The average molecular weight is 406 g/mol. The second kappa shape index (κ2) is 10.0. The molecule has 2 amide bonds. The first-order valence-corrected chi connectivity index (χ1v) is 10.4. The predicted molar refractivity (Wildman–Crippen MR) is 111 cm³/mol. The van der Waals surface area contributed by atoms with Gasteiger partial charge in [0.25, 0.3) is 5.91 Å². The number of carbonyl (C=O) groups is 2. The summed E-state index contributed by atoms with van der Waals surface area (Å²) in [5.41, 5.74) is 1.85. The number of amides is 2. The molecule has 0 unspecified atom stereocenters. The van der Waals surface area contributed by atoms with Crippen LogP contribution in [-0.4, -0.2) is 88.5 Å². The molecule has 2 aliphatic heterocycles. The largest absolute Gasteiger partial charge is 0.378 e. The van der Waals surface area contributed by atoms with Crippen molar-refractivity contribution in [3.8, 4) is 0 Å². The van der Waals surface area contributed by atoms with Crippen molar-refractivity contribution in [3.63, 3.8) is 0 Å². The minimum absolute atomic E-state index is 0.0286. The lowest BCUT2D eigenvalue weighted by molar-refractivity contribution is -0.907. The highest BCUT2D eigenvalue weighted by Crippen LogP contribution is 2.19. The highest BCUT2D eigenvalue weighted by molar-refractivity contribution is 5.94. The van der Waals surface area contributed by atoms with Crippen molar-refractivity contribution in [2.75, 3.05) is 69.7 Å². The molecule has 1 aromatic rings. The van der Waals surface area contributed by atoms with E-state index in [9.17, 15) is 9.59 Å². The van der Waals surface area contributed by atoms with Crippen molar-refractivity contribution in [1.82, 2.24) is 4.90 Å². The smallest absolute Gasteiger partial charge is 0.277 e. The van der Waals surface area contributed by atoms with Crippen molar-refractivity contribution < 1.29 is 24.0 Å². The van der Waals surface area contributed by atoms with Gasteiger partial charge in [-0.3, -0.25) is 9.59 Å². The number of hydrogen-bond donors (Lipinski definition) is 2. The Hall–Kier alpha value is -2.16. The van der Waals surface area contributed by atoms with Crippen molar-refractivity contribution in [2.24, 2.45) is 0 Å². The maximum Gasteiger partial charge on any atom is 0.277 e. The molecule has 0 saturated carbocycles. The lowest BCUT2D eigenvalue weighted by Crippen LogP contribution is -3.16. The highest BCUT2D eigenvalue weighted by Gasteiger charge is 2.28. The summed E-state index contributed by atoms with van der Waals surface area (Å²) in [6.45, 7) is 9.34. The fourth-order valence-electron chi connectivity index (χ4n) is 3.96. The number of hydrogen-bond acceptors (Lipinski definition) is 5. The molecular formula is C21H33N4O4+. The summed E-state index contributed by atoms with van der Waals surface area (Å²) in [6, 6.07) is 7.79. The van der Waals surface area contributed by atoms with Gasteiger partial charge in [0.1, 0.15) is 25.3 Å². The van der Waals surface area contributed by atoms with Crippen LogP contribution in [0, 0.1) is 0 Å². The fourth-order valence-corrected chi connectivity index (χ4v) is 3.96. The molecule has 2 aliphatic rings. The first kappa shape index (κ1) is 21.5. The molecule has 0 aromatic heterocycles. The van der Waals surface area contributed by atoms with Crippen molar-refractivity contribution in [2.45, 2.75) is 26.1 Å². The molecule has 8 nitrogen and oxygen atoms in total. The molecule has 8 heteroatoms. The summed E-state index contributed by atoms with van der Waals surface area (Å²) < 4.78 is 11.1. The molecule has 2 N–H and O–H groups in total. The Balaban J connectivity index is 1.45. The van der Waals surface area contributed by atoms with Crippen LogP contribution < -0.4 is 15.1 Å². The zero-order chi connectivity index (χ0) is 20.8. The van der Waals surface area contributed by atoms with Crippen LogP contribution in [-0.2, 0) is 19.1 Å². The Morgan fingerprint density at radius 1 is 1.14 bits per heavy atom. The van der Waals surface area contributed by atoms with Crippen molar-refractivity contribution in [1.29, 1.82) is 0 Å². The van der Waals surface area contributed by atoms with Gasteiger partial charge in [-0.1, -0.05) is 0 Å². The second-order valence-electron chi connectivity index (χ2n) is 8.04. The molecule has 2 fully saturated rings. The van der Waals surface area contributed by atoms with E-state index in [1.54, 1.807) is 7.05 Å². The van der Waals surface area contributed by atoms with Gasteiger partial charge in [-0.25, -0.2) is 0 Å². The number of likely N-dealkylation sites (N-methyl/N-ethyl adjacent to an activating group) is 1. The third kappa shape index (κ3) is 6.42. The van der Waals surface area contributed by atoms with Gasteiger partial charge in [0.2, 0.25) is 5.91 Å². The number of nitrogens with zero attached hydrogens (tertiary/aromatic N) is 2. The van der Waals surface area contributed by atoms with Crippen LogP contribution in [0.2, 0.25) is 0 Å². The number of nitrogens with one attached hydrogen (secondary N) is 2. The number of benzene rings is 1. The lowest BCUT2D eigenvalue weighted by atomic mass is 10.2. The molecule has 0 aliphatic carbocycles. The topological polar surface area (TPSA) is 75.6 Å². The zero-order valence-electron chi connectivity index (χ0n) is 17.6. The van der Waals surface area contributed by atoms with Crippen molar-refractivity contribution in [3.05, 3.63) is 24.3 Å². The van der Waals surface area contributed by atoms with Gasteiger partial charge in [0.15, 0.2) is 6.54 Å². The Morgan fingerprint density at radius 3 is 2.38 bits per heavy atom. The molecule has 2 heterocycles. The number of rotatable bonds is 6. The summed E-state index contributed by atoms with van der Waals surface area (Å²) in [4.78, 5) is 29.8. The number of anilines is 2. The van der Waals surface area contributed by atoms with Crippen LogP contribution in [0.4, 0.5) is 11.4 Å². The van der Waals surface area contributed by atoms with E-state index in [0.717, 1.165) is 50.8 Å². The average Bonchev–Trinajstić information content (AvgIpc) is 2.68. The molecule has 0 spiro atoms. The van der Waals surface area contributed by atoms with E-state index in [4.69, 9.17) is 9.47 Å². The SMILES string of the molecule is C[C@@H]1C[NH+](CC(=O)N(C)CC(=O)Nc2ccc(N3CCOCC3)cc2)C[C@@H](C)O1. The van der Waals surface area contributed by atoms with E-state index in [0.29, 0.717) is 6.54 Å². The van der Waals surface area contributed by atoms with Gasteiger partial charge in [-0.05, 0) is 38.1 Å². The van der Waals surface area contributed by atoms with Crippen LogP contribution in [0.5, 0.6) is 0 Å². The van der Waals surface area contributed by atoms with E-state index >= 15 is 0 Å². The molecular weight excluding hydrogens is 372 g/mol. The summed E-state index contributed by atoms with van der Waals surface area (Å²) >= 11 is 0. The first-order chi connectivity index (χ1) is 13.9. The fraction of sp³-hybridized carbons (Fsp3) is 0.619. The van der Waals surface area contributed by atoms with Crippen molar-refractivity contribution >= 4 is 23.2 Å². The van der Waals surface area contributed by atoms with Gasteiger partial charge < -0.3 is 29.5 Å². The number of quaternary nitrogens is 1. The van der Waals surface area contributed by atoms with Gasteiger partial charge in [-0.2, -0.15) is 0 Å². The zero-order valence-corrected chi connectivity index (χ0v) is 17.6. The maximum atomic E-state index is 12.5. The first-order valence-electron chi connectivity index (χ1n) is 10.4. The van der Waals surface area contributed by atoms with E-state index in [2.05, 4.69) is 10.2 Å². The Labute approximate surface area is 172 Å². The van der Waals surface area contributed by atoms with E-state index in [1.807, 2.05) is 38.1 Å². The third-order valence-corrected chi connectivity index (χ3v) is 5.35. The normalized spacial score (nSPS) is 24.8. The van der Waals surface area contributed by atoms with Gasteiger partial charge in [-0.15, -0.1) is 0 Å². The van der Waals surface area contributed by atoms with Gasteiger partial charge in [0, 0.05) is 31.5 Å². The van der Waals surface area contributed by atoms with E-state index in [-0.39, 0.29) is 30.6 Å². The standard InChI is InChI=1S/C21H32N4O4/c1-16-12-24(13-17(2)29-16)15-21(27)23(3)14-20(26)22-18-4-6-19(7-5-18)25-8-10-28-11-9-25/h4-7,16-17H,8-15H2,1-3H3,(H,22,26)/p+1/t16-,17-/m1/s1. The summed E-state index contributed by atoms with van der Waals surface area (Å²) in [7, 11) is 1.68. The minimum atomic E-state index is -0.196. The minimum Gasteiger partial charge on any atom is -0.378 e. The summed E-state index contributed by atoms with van der Waals surface area (Å²) in [6.07, 6.45) is 0.297. The molecule has 29 heavy (non-hydrogen) atoms. The van der Waals surface area contributed by atoms with Crippen LogP contribution >= 0.6 is 0 Å². The molecule has 0 bridgehead atoms. The molecule has 0 radical (unpaired) electrons. The van der Waals surface area contributed by atoms with Crippen LogP contribution in [0.15, 0.2) is 24.3 Å². The monoisotopic (exact) mass is 405 g/mol. The molecule has 2 atom stereocenters. The number of morpholine rings is 2. The Kier molecular flexibility index (Phi) is 7.46. The maximum absolute atomic E-state index is 12.5. The molecule has 2 saturated heterocycles. The number of carbonyl (C=O) groups excluding carboxylic acids is 2. The Bertz CT molecular complexity index is 680. The van der Waals surface area contributed by atoms with Crippen LogP contribution in [0.25, 0.3) is 0 Å². The second-order valence-corrected chi connectivity index (χ2v) is 8.04. The van der Waals surface area contributed by atoms with Gasteiger partial charge in [0.05, 0.1) is 19.8 Å². The van der Waals surface area contributed by atoms with E-state index in [1.165, 1.54) is 9.80 Å². The molecule has 160 valence electrons. The Morgan fingerprint density at radius 2 is 1.76 bits per heavy atom. The highest BCUT2D eigenvalue weighted by atomic mass is 16.5. The predicted octanol–water partition coefficient (Wildman–Crippen LogP) is -0.388. The molecule has 1 aromatic carbocycles. The van der Waals surface area contributed by atoms with Crippen LogP contribution in [0.1, 0.15) is 13.8 Å². The molecule has 3 rings (SSSR count). The van der Waals surface area contributed by atoms with Gasteiger partial charge >= 0.3 is 0 Å².